The molecule has 22 heteroatoms. The second-order valence-electron chi connectivity index (χ2n) is 19.6. The Hall–Kier alpha value is -7.59. The Morgan fingerprint density at radius 2 is 1.37 bits per heavy atom. The number of ether oxygens (including phenoxy) is 1. The van der Waals surface area contributed by atoms with Crippen LogP contribution >= 0.6 is 0 Å². The lowest BCUT2D eigenvalue weighted by Gasteiger charge is -2.44. The number of aromatic hydroxyl groups is 2. The van der Waals surface area contributed by atoms with E-state index < -0.39 is 139 Å². The Balaban J connectivity index is 1.60. The summed E-state index contributed by atoms with van der Waals surface area (Å²) >= 11 is 0. The predicted molar refractivity (Wildman–Crippen MR) is 270 cm³/mol. The van der Waals surface area contributed by atoms with Crippen LogP contribution in [0.5, 0.6) is 11.5 Å². The van der Waals surface area contributed by atoms with E-state index in [-0.39, 0.29) is 43.6 Å². The topological polar surface area (TPSA) is 336 Å². The highest BCUT2D eigenvalue weighted by Crippen LogP contribution is 2.27. The molecule has 2 unspecified atom stereocenters. The van der Waals surface area contributed by atoms with Crippen LogP contribution in [-0.4, -0.2) is 151 Å². The summed E-state index contributed by atoms with van der Waals surface area (Å²) in [7, 11) is 1.38. The van der Waals surface area contributed by atoms with Gasteiger partial charge < -0.3 is 67.3 Å². The number of nitrogens with one attached hydrogen (secondary N) is 5. The number of piperidine rings is 1. The van der Waals surface area contributed by atoms with Crippen LogP contribution in [0.2, 0.25) is 0 Å². The third kappa shape index (κ3) is 15.7. The molecule has 2 heterocycles. The number of hydrogen-bond acceptors (Lipinski definition) is 14. The average Bonchev–Trinajstić information content (AvgIpc) is 3.37. The number of phenolic OH excluding ortho intramolecular Hbond substituents is 2. The smallest absolute Gasteiger partial charge is 0.329 e. The van der Waals surface area contributed by atoms with E-state index in [1.807, 2.05) is 0 Å². The SMILES string of the molecule is CC[C@@H](C)[C@@H]1NC(=O)C(Cc2ccccc2)N(C)C(=O)[C@H](C(C)C)N2C(=O)[C@H](CC[C@H]2O)NC(=O)[C@H](Cc2ccc(O)cc2)NC(=O)[C@@H](NC(=O)[C@@H](CCC(N)=O)NC(=O)C(O)Cc2ccc(O)cc2)[C@H](C)OC1=O. The summed E-state index contributed by atoms with van der Waals surface area (Å²) in [5, 5.41) is 55.0. The summed E-state index contributed by atoms with van der Waals surface area (Å²) in [6, 6.07) is 9.38. The van der Waals surface area contributed by atoms with E-state index in [2.05, 4.69) is 26.6 Å². The van der Waals surface area contributed by atoms with Gasteiger partial charge in [-0.1, -0.05) is 88.7 Å². The van der Waals surface area contributed by atoms with E-state index in [1.54, 1.807) is 58.0 Å². The van der Waals surface area contributed by atoms with Crippen LogP contribution in [0, 0.1) is 11.8 Å². The van der Waals surface area contributed by atoms with Crippen LogP contribution in [0.1, 0.15) is 83.4 Å². The minimum atomic E-state index is -1.91. The molecule has 75 heavy (non-hydrogen) atoms. The molecule has 0 aliphatic carbocycles. The lowest BCUT2D eigenvalue weighted by Crippen LogP contribution is -2.66. The number of aliphatic hydroxyl groups excluding tert-OH is 2. The molecule has 3 aromatic rings. The van der Waals surface area contributed by atoms with Gasteiger partial charge in [0.2, 0.25) is 47.3 Å². The first-order valence-corrected chi connectivity index (χ1v) is 25.0. The summed E-state index contributed by atoms with van der Waals surface area (Å²) < 4.78 is 5.95. The van der Waals surface area contributed by atoms with E-state index in [1.165, 1.54) is 62.5 Å². The van der Waals surface area contributed by atoms with Crippen molar-refractivity contribution in [2.45, 2.75) is 147 Å². The lowest BCUT2D eigenvalue weighted by atomic mass is 9.93. The van der Waals surface area contributed by atoms with Crippen LogP contribution in [0.3, 0.4) is 0 Å². The average molecular weight is 1040 g/mol. The molecular weight excluding hydrogens is 973 g/mol. The first-order valence-electron chi connectivity index (χ1n) is 25.0. The molecular formula is C53H70N8O14. The van der Waals surface area contributed by atoms with Gasteiger partial charge in [0.1, 0.15) is 72.2 Å². The third-order valence-electron chi connectivity index (χ3n) is 13.6. The zero-order valence-electron chi connectivity index (χ0n) is 42.9. The summed E-state index contributed by atoms with van der Waals surface area (Å²) in [5.74, 6) is -9.96. The van der Waals surface area contributed by atoms with Crippen molar-refractivity contribution < 1.29 is 68.3 Å². The van der Waals surface area contributed by atoms with E-state index >= 15 is 0 Å². The van der Waals surface area contributed by atoms with E-state index in [0.717, 1.165) is 9.80 Å². The molecule has 406 valence electrons. The Morgan fingerprint density at radius 3 is 1.96 bits per heavy atom. The number of rotatable bonds is 16. The van der Waals surface area contributed by atoms with Gasteiger partial charge >= 0.3 is 5.97 Å². The maximum Gasteiger partial charge on any atom is 0.329 e. The number of cyclic esters (lactones) is 1. The number of carbonyl (C=O) groups is 9. The largest absolute Gasteiger partial charge is 0.508 e. The highest BCUT2D eigenvalue weighted by Gasteiger charge is 2.47. The van der Waals surface area contributed by atoms with Crippen LogP contribution in [-0.2, 0) is 67.2 Å². The van der Waals surface area contributed by atoms with Gasteiger partial charge in [0.05, 0.1) is 0 Å². The second-order valence-corrected chi connectivity index (χ2v) is 19.6. The number of likely N-dealkylation sites (N-methyl/N-ethyl adjacent to an activating group) is 1. The molecule has 8 amide bonds. The van der Waals surface area contributed by atoms with E-state index in [9.17, 15) is 63.6 Å². The number of aliphatic hydroxyl groups is 2. The quantitative estimate of drug-likeness (QED) is 0.0843. The van der Waals surface area contributed by atoms with E-state index in [4.69, 9.17) is 10.5 Å². The molecule has 22 nitrogen and oxygen atoms in total. The molecule has 5 rings (SSSR count). The fourth-order valence-electron chi connectivity index (χ4n) is 8.97. The lowest BCUT2D eigenvalue weighted by molar-refractivity contribution is -0.167. The standard InChI is InChI=1S/C53H70N8O14/c1-7-29(4)43-53(74)75-30(5)44(59-46(67)36(21-23-41(54)65)55-49(70)40(64)27-33-15-19-35(63)20-16-33)50(71)57-38(25-32-13-17-34(62)18-14-32)47(68)56-37-22-24-42(66)61(51(37)72)45(28(2)3)52(73)60(6)39(48(69)58-43)26-31-11-9-8-10-12-31/h8-20,28-30,36-40,42-45,62-64,66H,7,21-27H2,1-6H3,(H2,54,65)(H,55,70)(H,56,68)(H,57,71)(H,58,69)(H,59,67)/t29-,30+,36-,37+,38+,39?,40?,42-,43+,44+,45+/m1/s1. The molecule has 11 N–H and O–H groups in total. The van der Waals surface area contributed by atoms with Gasteiger partial charge in [-0.2, -0.15) is 0 Å². The summed E-state index contributed by atoms with van der Waals surface area (Å²) in [6.07, 6.45) is -6.26. The molecule has 0 radical (unpaired) electrons. The maximum atomic E-state index is 14.8. The molecule has 0 spiro atoms. The highest BCUT2D eigenvalue weighted by molar-refractivity contribution is 5.98. The highest BCUT2D eigenvalue weighted by atomic mass is 16.5. The predicted octanol–water partition coefficient (Wildman–Crippen LogP) is -0.0401. The van der Waals surface area contributed by atoms with Gasteiger partial charge in [-0.15, -0.1) is 0 Å². The first kappa shape index (κ1) is 58.3. The number of fused-ring (bicyclic) bond motifs is 2. The zero-order chi connectivity index (χ0) is 55.3. The van der Waals surface area contributed by atoms with Crippen molar-refractivity contribution >= 4 is 53.2 Å². The number of esters is 1. The number of primary amides is 1. The molecule has 0 saturated carbocycles. The number of amides is 8. The van der Waals surface area contributed by atoms with Gasteiger partial charge in [-0.25, -0.2) is 4.79 Å². The minimum absolute atomic E-state index is 0.0588. The van der Waals surface area contributed by atoms with Gasteiger partial charge in [0, 0.05) is 32.7 Å². The Morgan fingerprint density at radius 1 is 0.773 bits per heavy atom. The summed E-state index contributed by atoms with van der Waals surface area (Å²) in [6.45, 7) is 7.98. The minimum Gasteiger partial charge on any atom is -0.508 e. The molecule has 2 bridgehead atoms. The van der Waals surface area contributed by atoms with Crippen molar-refractivity contribution in [1.29, 1.82) is 0 Å². The second kappa shape index (κ2) is 26.6. The maximum absolute atomic E-state index is 14.8. The zero-order valence-corrected chi connectivity index (χ0v) is 42.9. The van der Waals surface area contributed by atoms with Crippen LogP contribution in [0.4, 0.5) is 0 Å². The number of phenols is 2. The van der Waals surface area contributed by atoms with Crippen molar-refractivity contribution in [3.8, 4) is 11.5 Å². The van der Waals surface area contributed by atoms with Gasteiger partial charge in [-0.05, 0) is 79.0 Å². The number of carbonyl (C=O) groups excluding carboxylic acids is 9. The van der Waals surface area contributed by atoms with Crippen molar-refractivity contribution in [2.75, 3.05) is 7.05 Å². The summed E-state index contributed by atoms with van der Waals surface area (Å²) in [5.41, 5.74) is 6.92. The fourth-order valence-corrected chi connectivity index (χ4v) is 8.97. The van der Waals surface area contributed by atoms with E-state index in [0.29, 0.717) is 23.1 Å². The molecule has 2 saturated heterocycles. The molecule has 0 aromatic heterocycles. The Labute approximate surface area is 435 Å². The molecule has 3 aromatic carbocycles. The summed E-state index contributed by atoms with van der Waals surface area (Å²) in [4.78, 5) is 130. The number of nitrogens with two attached hydrogens (primary N) is 1. The van der Waals surface area contributed by atoms with Crippen molar-refractivity contribution in [3.63, 3.8) is 0 Å². The van der Waals surface area contributed by atoms with Crippen LogP contribution in [0.25, 0.3) is 0 Å². The van der Waals surface area contributed by atoms with Crippen molar-refractivity contribution in [3.05, 3.63) is 95.6 Å². The van der Waals surface area contributed by atoms with Crippen molar-refractivity contribution in [2.24, 2.45) is 17.6 Å². The molecule has 2 fully saturated rings. The molecule has 11 atom stereocenters. The third-order valence-corrected chi connectivity index (χ3v) is 13.6. The van der Waals surface area contributed by atoms with Gasteiger partial charge in [0.15, 0.2) is 0 Å². The Bertz CT molecular complexity index is 2510. The molecule has 2 aliphatic heterocycles. The normalized spacial score (nSPS) is 24.5. The number of hydrogen-bond donors (Lipinski definition) is 10. The molecule has 2 aliphatic rings. The number of nitrogens with zero attached hydrogens (tertiary/aromatic N) is 2. The monoisotopic (exact) mass is 1040 g/mol. The Kier molecular flexibility index (Phi) is 20.7. The fraction of sp³-hybridized carbons (Fsp3) is 0.491. The van der Waals surface area contributed by atoms with Crippen LogP contribution in [0.15, 0.2) is 78.9 Å². The number of benzene rings is 3. The first-order chi connectivity index (χ1) is 35.5. The van der Waals surface area contributed by atoms with Crippen molar-refractivity contribution in [1.82, 2.24) is 36.4 Å². The van der Waals surface area contributed by atoms with Gasteiger partial charge in [0.25, 0.3) is 0 Å². The van der Waals surface area contributed by atoms with Crippen LogP contribution < -0.4 is 32.3 Å². The van der Waals surface area contributed by atoms with Gasteiger partial charge in [-0.3, -0.25) is 38.4 Å².